The molecule has 26 heavy (non-hydrogen) atoms. The van der Waals surface area contributed by atoms with Gasteiger partial charge in [-0.2, -0.15) is 0 Å². The Labute approximate surface area is 162 Å². The zero-order valence-corrected chi connectivity index (χ0v) is 17.5. The lowest BCUT2D eigenvalue weighted by Crippen LogP contribution is -2.23. The Morgan fingerprint density at radius 1 is 1.35 bits per heavy atom. The minimum atomic E-state index is -0.415. The fraction of sp³-hybridized carbons (Fsp3) is 0.762. The maximum atomic E-state index is 12.4. The first-order chi connectivity index (χ1) is 12.4. The Balaban J connectivity index is 2.05. The minimum absolute atomic E-state index is 0.0893. The summed E-state index contributed by atoms with van der Waals surface area (Å²) in [7, 11) is 3.59. The normalized spacial score (nSPS) is 31.3. The molecule has 0 aromatic rings. The Kier molecular flexibility index (Phi) is 8.24. The fourth-order valence-electron chi connectivity index (χ4n) is 4.46. The van der Waals surface area contributed by atoms with E-state index in [1.807, 2.05) is 18.4 Å². The molecule has 4 nitrogen and oxygen atoms in total. The molecule has 0 aromatic carbocycles. The number of fused-ring (bicyclic) bond motifs is 1. The molecule has 5 heteroatoms. The van der Waals surface area contributed by atoms with E-state index in [9.17, 15) is 15.0 Å². The van der Waals surface area contributed by atoms with E-state index in [1.54, 1.807) is 30.8 Å². The maximum absolute atomic E-state index is 12.4. The van der Waals surface area contributed by atoms with Crippen LogP contribution in [0.5, 0.6) is 0 Å². The van der Waals surface area contributed by atoms with Gasteiger partial charge in [0.1, 0.15) is 0 Å². The quantitative estimate of drug-likeness (QED) is 0.383. The van der Waals surface area contributed by atoms with Crippen LogP contribution in [0.4, 0.5) is 0 Å². The second kappa shape index (κ2) is 9.95. The standard InChI is InChI=1S/C21H35NO3S/c1-5-6-7-8-16(23)9-10-17-18-12-15(11-14(18)13-19(17)24)20(26-4)21(25)22(2)3/h9-10,14,16-19,23-24H,5-8,11-13H2,1-4H3/t14-,16-,17+,18-,19+/m0/s1. The molecule has 1 amide bonds. The highest BCUT2D eigenvalue weighted by Crippen LogP contribution is 2.52. The SMILES string of the molecule is CCCCC[C@H](O)C=C[C@@H]1[C@H]2CC(=C(SC)C(=O)N(C)C)C[C@H]2C[C@H]1O. The summed E-state index contributed by atoms with van der Waals surface area (Å²) in [4.78, 5) is 14.9. The molecule has 0 bridgehead atoms. The number of aliphatic hydroxyl groups excluding tert-OH is 2. The van der Waals surface area contributed by atoms with Crippen LogP contribution in [0.1, 0.15) is 51.9 Å². The summed E-state index contributed by atoms with van der Waals surface area (Å²) in [6, 6.07) is 0. The Morgan fingerprint density at radius 2 is 2.08 bits per heavy atom. The summed E-state index contributed by atoms with van der Waals surface area (Å²) in [5.74, 6) is 1.02. The molecule has 2 aliphatic carbocycles. The molecular formula is C21H35NO3S. The molecule has 148 valence electrons. The Hall–Kier alpha value is -0.780. The number of allylic oxidation sites excluding steroid dienone is 1. The van der Waals surface area contributed by atoms with E-state index in [2.05, 4.69) is 6.92 Å². The van der Waals surface area contributed by atoms with Crippen LogP contribution in [0.15, 0.2) is 22.6 Å². The summed E-state index contributed by atoms with van der Waals surface area (Å²) in [5, 5.41) is 20.6. The number of rotatable bonds is 8. The molecule has 0 unspecified atom stereocenters. The van der Waals surface area contributed by atoms with Crippen molar-refractivity contribution in [3.05, 3.63) is 22.6 Å². The van der Waals surface area contributed by atoms with E-state index in [0.717, 1.165) is 49.9 Å². The molecule has 0 saturated heterocycles. The van der Waals surface area contributed by atoms with Crippen molar-refractivity contribution in [3.8, 4) is 0 Å². The largest absolute Gasteiger partial charge is 0.392 e. The van der Waals surface area contributed by atoms with Gasteiger partial charge in [-0.25, -0.2) is 0 Å². The molecule has 0 aromatic heterocycles. The van der Waals surface area contributed by atoms with Gasteiger partial charge in [-0.3, -0.25) is 4.79 Å². The lowest BCUT2D eigenvalue weighted by Gasteiger charge is -2.19. The Morgan fingerprint density at radius 3 is 2.69 bits per heavy atom. The van der Waals surface area contributed by atoms with Gasteiger partial charge in [0, 0.05) is 20.0 Å². The second-order valence-electron chi connectivity index (χ2n) is 8.00. The highest BCUT2D eigenvalue weighted by Gasteiger charge is 2.46. The molecular weight excluding hydrogens is 346 g/mol. The number of likely N-dealkylation sites (N-methyl/N-ethyl adjacent to an activating group) is 1. The molecule has 2 saturated carbocycles. The van der Waals surface area contributed by atoms with E-state index in [-0.39, 0.29) is 17.9 Å². The number of amides is 1. The maximum Gasteiger partial charge on any atom is 0.259 e. The zero-order chi connectivity index (χ0) is 19.3. The van der Waals surface area contributed by atoms with Crippen LogP contribution in [-0.2, 0) is 4.79 Å². The van der Waals surface area contributed by atoms with Crippen molar-refractivity contribution in [2.75, 3.05) is 20.4 Å². The number of carbonyl (C=O) groups excluding carboxylic acids is 1. The van der Waals surface area contributed by atoms with E-state index in [4.69, 9.17) is 0 Å². The summed E-state index contributed by atoms with van der Waals surface area (Å²) in [6.45, 7) is 2.16. The van der Waals surface area contributed by atoms with Crippen LogP contribution in [0.3, 0.4) is 0 Å². The predicted molar refractivity (Wildman–Crippen MR) is 109 cm³/mol. The van der Waals surface area contributed by atoms with Gasteiger partial charge in [0.15, 0.2) is 0 Å². The van der Waals surface area contributed by atoms with Crippen LogP contribution in [-0.4, -0.2) is 53.6 Å². The topological polar surface area (TPSA) is 60.8 Å². The number of thioether (sulfide) groups is 1. The van der Waals surface area contributed by atoms with Crippen molar-refractivity contribution < 1.29 is 15.0 Å². The third kappa shape index (κ3) is 5.14. The summed E-state index contributed by atoms with van der Waals surface area (Å²) in [5.41, 5.74) is 1.25. The highest BCUT2D eigenvalue weighted by molar-refractivity contribution is 8.03. The lowest BCUT2D eigenvalue weighted by atomic mass is 9.90. The molecule has 2 fully saturated rings. The third-order valence-electron chi connectivity index (χ3n) is 5.86. The molecule has 2 rings (SSSR count). The van der Waals surface area contributed by atoms with Gasteiger partial charge in [0.25, 0.3) is 5.91 Å². The van der Waals surface area contributed by atoms with Gasteiger partial charge in [-0.05, 0) is 43.8 Å². The van der Waals surface area contributed by atoms with Crippen molar-refractivity contribution in [1.82, 2.24) is 4.90 Å². The molecule has 0 heterocycles. The second-order valence-corrected chi connectivity index (χ2v) is 8.81. The zero-order valence-electron chi connectivity index (χ0n) is 16.6. The van der Waals surface area contributed by atoms with Gasteiger partial charge < -0.3 is 15.1 Å². The van der Waals surface area contributed by atoms with Crippen LogP contribution < -0.4 is 0 Å². The number of unbranched alkanes of at least 4 members (excludes halogenated alkanes) is 2. The first-order valence-corrected chi connectivity index (χ1v) is 11.1. The average molecular weight is 382 g/mol. The van der Waals surface area contributed by atoms with Crippen LogP contribution in [0.25, 0.3) is 0 Å². The van der Waals surface area contributed by atoms with Crippen LogP contribution >= 0.6 is 11.8 Å². The number of hydrogen-bond acceptors (Lipinski definition) is 4. The Bertz CT molecular complexity index is 543. The number of nitrogens with zero attached hydrogens (tertiary/aromatic N) is 1. The first-order valence-electron chi connectivity index (χ1n) is 9.91. The lowest BCUT2D eigenvalue weighted by molar-refractivity contribution is -0.124. The van der Waals surface area contributed by atoms with Gasteiger partial charge in [0.05, 0.1) is 17.1 Å². The van der Waals surface area contributed by atoms with Crippen molar-refractivity contribution in [2.24, 2.45) is 17.8 Å². The van der Waals surface area contributed by atoms with E-state index < -0.39 is 6.10 Å². The summed E-state index contributed by atoms with van der Waals surface area (Å²) in [6.07, 6.45) is 11.9. The molecule has 0 spiro atoms. The van der Waals surface area contributed by atoms with E-state index in [0.29, 0.717) is 11.8 Å². The van der Waals surface area contributed by atoms with E-state index in [1.165, 1.54) is 5.57 Å². The van der Waals surface area contributed by atoms with Crippen LogP contribution in [0.2, 0.25) is 0 Å². The monoisotopic (exact) mass is 381 g/mol. The van der Waals surface area contributed by atoms with Gasteiger partial charge in [-0.1, -0.05) is 43.9 Å². The molecule has 2 aliphatic rings. The molecule has 0 radical (unpaired) electrons. The smallest absolute Gasteiger partial charge is 0.259 e. The number of hydrogen-bond donors (Lipinski definition) is 2. The molecule has 2 N–H and O–H groups in total. The number of aliphatic hydroxyl groups is 2. The highest BCUT2D eigenvalue weighted by atomic mass is 32.2. The summed E-state index contributed by atoms with van der Waals surface area (Å²) >= 11 is 1.54. The van der Waals surface area contributed by atoms with Gasteiger partial charge in [-0.15, -0.1) is 11.8 Å². The van der Waals surface area contributed by atoms with Gasteiger partial charge >= 0.3 is 0 Å². The van der Waals surface area contributed by atoms with E-state index >= 15 is 0 Å². The summed E-state index contributed by atoms with van der Waals surface area (Å²) < 4.78 is 0. The van der Waals surface area contributed by atoms with Crippen molar-refractivity contribution in [2.45, 2.75) is 64.1 Å². The number of carbonyl (C=O) groups is 1. The molecule has 5 atom stereocenters. The third-order valence-corrected chi connectivity index (χ3v) is 6.74. The van der Waals surface area contributed by atoms with Crippen LogP contribution in [0, 0.1) is 17.8 Å². The van der Waals surface area contributed by atoms with Crippen molar-refractivity contribution in [3.63, 3.8) is 0 Å². The molecule has 0 aliphatic heterocycles. The minimum Gasteiger partial charge on any atom is -0.392 e. The van der Waals surface area contributed by atoms with Crippen molar-refractivity contribution >= 4 is 17.7 Å². The fourth-order valence-corrected chi connectivity index (χ4v) is 5.27. The first kappa shape index (κ1) is 21.5. The van der Waals surface area contributed by atoms with Crippen molar-refractivity contribution in [1.29, 1.82) is 0 Å². The predicted octanol–water partition coefficient (Wildman–Crippen LogP) is 3.60. The average Bonchev–Trinajstić information content (AvgIpc) is 3.11. The van der Waals surface area contributed by atoms with Gasteiger partial charge in [0.2, 0.25) is 0 Å².